The Hall–Kier alpha value is -0.180. The van der Waals surface area contributed by atoms with Crippen LogP contribution in [0.15, 0.2) is 5.16 Å². The van der Waals surface area contributed by atoms with E-state index in [0.717, 1.165) is 12.8 Å². The highest BCUT2D eigenvalue weighted by Gasteiger charge is 2.13. The van der Waals surface area contributed by atoms with E-state index in [1.54, 1.807) is 0 Å². The van der Waals surface area contributed by atoms with Crippen LogP contribution in [0.1, 0.15) is 78.1 Å². The monoisotopic (exact) mass is 259 g/mol. The van der Waals surface area contributed by atoms with E-state index in [4.69, 9.17) is 5.21 Å². The van der Waals surface area contributed by atoms with Gasteiger partial charge in [0.15, 0.2) is 0 Å². The average molecular weight is 259 g/mol. The number of nitrogens with zero attached hydrogens (tertiary/aromatic N) is 1. The number of hydrogen-bond acceptors (Lipinski definition) is 2. The third-order valence-electron chi connectivity index (χ3n) is 3.57. The maximum absolute atomic E-state index is 8.79. The van der Waals surface area contributed by atoms with Gasteiger partial charge in [-0.25, -0.2) is 0 Å². The van der Waals surface area contributed by atoms with Crippen molar-refractivity contribution < 1.29 is 5.21 Å². The van der Waals surface area contributed by atoms with E-state index < -0.39 is 0 Å². The van der Waals surface area contributed by atoms with Crippen molar-refractivity contribution in [2.45, 2.75) is 78.1 Å². The zero-order valence-electron chi connectivity index (χ0n) is 10.2. The van der Waals surface area contributed by atoms with Crippen LogP contribution in [0.25, 0.3) is 0 Å². The molecule has 0 amide bonds. The summed E-state index contributed by atoms with van der Waals surface area (Å²) in [5.74, 6) is 0.396. The molecule has 0 aromatic carbocycles. The van der Waals surface area contributed by atoms with Gasteiger partial charge in [0.1, 0.15) is 5.04 Å². The fourth-order valence-electron chi connectivity index (χ4n) is 2.50. The molecule has 17 heavy (non-hydrogen) atoms. The van der Waals surface area contributed by atoms with E-state index >= 15 is 0 Å². The van der Waals surface area contributed by atoms with Crippen molar-refractivity contribution in [1.29, 1.82) is 0 Å². The molecule has 0 aromatic heterocycles. The molecule has 1 fully saturated rings. The van der Waals surface area contributed by atoms with Gasteiger partial charge in [0.05, 0.1) is 0 Å². The van der Waals surface area contributed by atoms with Crippen LogP contribution in [-0.2, 0) is 0 Å². The summed E-state index contributed by atoms with van der Waals surface area (Å²) in [4.78, 5) is 0. The van der Waals surface area contributed by atoms with E-state index in [9.17, 15) is 0 Å². The Morgan fingerprint density at radius 1 is 0.824 bits per heavy atom. The zero-order valence-corrected chi connectivity index (χ0v) is 11.1. The first kappa shape index (κ1) is 16.8. The first-order valence-electron chi connectivity index (χ1n) is 6.75. The van der Waals surface area contributed by atoms with Crippen LogP contribution in [0.3, 0.4) is 0 Å². The van der Waals surface area contributed by atoms with Crippen LogP contribution >= 0.6 is 12.6 Å². The van der Waals surface area contributed by atoms with Gasteiger partial charge in [-0.1, -0.05) is 70.4 Å². The fraction of sp³-hybridized carbons (Fsp3) is 0.929. The number of thiol groups is 1. The largest absolute Gasteiger partial charge is 0.410 e. The van der Waals surface area contributed by atoms with Crippen molar-refractivity contribution >= 4 is 17.7 Å². The van der Waals surface area contributed by atoms with Crippen LogP contribution in [0.5, 0.6) is 0 Å². The first-order chi connectivity index (χ1) is 7.84. The lowest BCUT2D eigenvalue weighted by molar-refractivity contribution is 0.315. The van der Waals surface area contributed by atoms with Crippen LogP contribution in [0.4, 0.5) is 0 Å². The van der Waals surface area contributed by atoms with Gasteiger partial charge in [-0.15, -0.1) is 12.6 Å². The molecular weight excluding hydrogens is 230 g/mol. The summed E-state index contributed by atoms with van der Waals surface area (Å²) >= 11 is 4.27. The second kappa shape index (κ2) is 10.9. The van der Waals surface area contributed by atoms with Gasteiger partial charge < -0.3 is 5.21 Å². The summed E-state index contributed by atoms with van der Waals surface area (Å²) < 4.78 is 0. The minimum absolute atomic E-state index is 0. The first-order valence-corrected chi connectivity index (χ1v) is 7.20. The molecule has 2 nitrogen and oxygen atoms in total. The number of hydrogen-bond donors (Lipinski definition) is 2. The number of rotatable bonds is 1. The van der Waals surface area contributed by atoms with Gasteiger partial charge >= 0.3 is 0 Å². The van der Waals surface area contributed by atoms with Crippen LogP contribution in [-0.4, -0.2) is 10.3 Å². The lowest BCUT2D eigenvalue weighted by atomic mass is 9.93. The highest BCUT2D eigenvalue weighted by molar-refractivity contribution is 7.97. The number of oxime groups is 1. The summed E-state index contributed by atoms with van der Waals surface area (Å²) in [6, 6.07) is 0. The Labute approximate surface area is 112 Å². The third-order valence-corrected chi connectivity index (χ3v) is 4.03. The summed E-state index contributed by atoms with van der Waals surface area (Å²) in [6.45, 7) is 0. The van der Waals surface area contributed by atoms with Crippen molar-refractivity contribution in [3.05, 3.63) is 0 Å². The Kier molecular flexibility index (Phi) is 10.8. The minimum Gasteiger partial charge on any atom is -0.410 e. The van der Waals surface area contributed by atoms with Crippen LogP contribution < -0.4 is 0 Å². The molecule has 0 bridgehead atoms. The standard InChI is InChI=1S/C13H25NOS.CH4/c15-14-13(16)12-10-8-6-4-2-1-3-5-7-9-11-12;/h12,15H,1-11H2,(H,14,16);1H4. The van der Waals surface area contributed by atoms with E-state index in [1.165, 1.54) is 57.8 Å². The summed E-state index contributed by atoms with van der Waals surface area (Å²) in [6.07, 6.45) is 14.4. The molecule has 1 N–H and O–H groups in total. The summed E-state index contributed by atoms with van der Waals surface area (Å²) in [5.41, 5.74) is 0. The van der Waals surface area contributed by atoms with Gasteiger partial charge in [0.25, 0.3) is 0 Å². The zero-order chi connectivity index (χ0) is 11.6. The van der Waals surface area contributed by atoms with Crippen molar-refractivity contribution in [2.24, 2.45) is 11.1 Å². The highest BCUT2D eigenvalue weighted by Crippen LogP contribution is 2.23. The molecule has 3 heteroatoms. The van der Waals surface area contributed by atoms with Gasteiger partial charge in [0, 0.05) is 5.92 Å². The molecule has 1 saturated carbocycles. The van der Waals surface area contributed by atoms with Gasteiger partial charge in [-0.2, -0.15) is 0 Å². The van der Waals surface area contributed by atoms with E-state index in [1.807, 2.05) is 0 Å². The quantitative estimate of drug-likeness (QED) is 0.217. The van der Waals surface area contributed by atoms with Gasteiger partial charge in [0.2, 0.25) is 0 Å². The van der Waals surface area contributed by atoms with Crippen molar-refractivity contribution in [3.63, 3.8) is 0 Å². The Morgan fingerprint density at radius 3 is 1.53 bits per heavy atom. The molecule has 0 spiro atoms. The Morgan fingerprint density at radius 2 is 1.18 bits per heavy atom. The van der Waals surface area contributed by atoms with Crippen molar-refractivity contribution in [3.8, 4) is 0 Å². The highest BCUT2D eigenvalue weighted by atomic mass is 32.1. The smallest absolute Gasteiger partial charge is 0.112 e. The molecule has 0 aromatic rings. The molecular formula is C14H29NOS. The molecule has 1 rings (SSSR count). The van der Waals surface area contributed by atoms with Gasteiger partial charge in [-0.05, 0) is 12.8 Å². The van der Waals surface area contributed by atoms with Gasteiger partial charge in [-0.3, -0.25) is 0 Å². The normalized spacial score (nSPS) is 22.1. The summed E-state index contributed by atoms with van der Waals surface area (Å²) in [7, 11) is 0. The molecule has 0 heterocycles. The molecule has 1 aliphatic rings. The van der Waals surface area contributed by atoms with Crippen molar-refractivity contribution in [2.75, 3.05) is 0 Å². The third kappa shape index (κ3) is 7.69. The molecule has 102 valence electrons. The fourth-order valence-corrected chi connectivity index (χ4v) is 2.76. The van der Waals surface area contributed by atoms with Crippen molar-refractivity contribution in [1.82, 2.24) is 0 Å². The molecule has 0 radical (unpaired) electrons. The Balaban J connectivity index is 0.00000256. The SMILES string of the molecule is C.ON=C(S)C1CCCCCCCCCCC1. The lowest BCUT2D eigenvalue weighted by Gasteiger charge is -2.15. The predicted octanol–water partition coefficient (Wildman–Crippen LogP) is 5.26. The predicted molar refractivity (Wildman–Crippen MR) is 79.2 cm³/mol. The minimum atomic E-state index is 0. The Bertz CT molecular complexity index is 194. The van der Waals surface area contributed by atoms with E-state index in [-0.39, 0.29) is 7.43 Å². The van der Waals surface area contributed by atoms with E-state index in [0.29, 0.717) is 11.0 Å². The molecule has 0 aliphatic heterocycles. The molecule has 0 unspecified atom stereocenters. The topological polar surface area (TPSA) is 32.6 Å². The second-order valence-corrected chi connectivity index (χ2v) is 5.37. The average Bonchev–Trinajstić information content (AvgIpc) is 2.29. The molecule has 0 saturated heterocycles. The van der Waals surface area contributed by atoms with E-state index in [2.05, 4.69) is 17.8 Å². The summed E-state index contributed by atoms with van der Waals surface area (Å²) in [5, 5.41) is 12.7. The maximum atomic E-state index is 8.79. The molecule has 1 aliphatic carbocycles. The second-order valence-electron chi connectivity index (χ2n) is 4.91. The molecule has 0 atom stereocenters. The maximum Gasteiger partial charge on any atom is 0.112 e. The van der Waals surface area contributed by atoms with Crippen LogP contribution in [0, 0.1) is 5.92 Å². The lowest BCUT2D eigenvalue weighted by Crippen LogP contribution is -2.09. The van der Waals surface area contributed by atoms with Crippen LogP contribution in [0.2, 0.25) is 0 Å².